The lowest BCUT2D eigenvalue weighted by Gasteiger charge is -2.08. The highest BCUT2D eigenvalue weighted by atomic mass is 35.5. The monoisotopic (exact) mass is 344 g/mol. The van der Waals surface area contributed by atoms with Crippen molar-refractivity contribution in [3.63, 3.8) is 0 Å². The summed E-state index contributed by atoms with van der Waals surface area (Å²) in [6.45, 7) is 0. The van der Waals surface area contributed by atoms with Crippen molar-refractivity contribution in [1.29, 1.82) is 0 Å². The van der Waals surface area contributed by atoms with E-state index in [2.05, 4.69) is 15.1 Å². The van der Waals surface area contributed by atoms with Gasteiger partial charge in [0.25, 0.3) is 0 Å². The van der Waals surface area contributed by atoms with E-state index in [1.54, 1.807) is 36.7 Å². The van der Waals surface area contributed by atoms with E-state index in [1.165, 1.54) is 23.4 Å². The maximum atomic E-state index is 12.9. The average Bonchev–Trinajstić information content (AvgIpc) is 3.07. The van der Waals surface area contributed by atoms with Crippen LogP contribution in [0.25, 0.3) is 11.8 Å². The fourth-order valence-electron chi connectivity index (χ4n) is 2.00. The van der Waals surface area contributed by atoms with Gasteiger partial charge >= 0.3 is 0 Å². The van der Waals surface area contributed by atoms with Crippen LogP contribution in [0.2, 0.25) is 10.0 Å². The third-order valence-corrected chi connectivity index (χ3v) is 3.61. The molecule has 0 amide bonds. The Bertz CT molecular complexity index is 861. The number of hydrogen-bond acceptors (Lipinski definition) is 4. The molecule has 5 nitrogen and oxygen atoms in total. The van der Waals surface area contributed by atoms with E-state index in [4.69, 9.17) is 23.2 Å². The van der Waals surface area contributed by atoms with Gasteiger partial charge in [-0.2, -0.15) is 5.10 Å². The quantitative estimate of drug-likeness (QED) is 0.532. The summed E-state index contributed by atoms with van der Waals surface area (Å²) in [6.07, 6.45) is 7.78. The van der Waals surface area contributed by atoms with Crippen LogP contribution >= 0.6 is 23.2 Å². The molecule has 0 unspecified atom stereocenters. The largest absolute Gasteiger partial charge is 0.287 e. The molecule has 0 saturated heterocycles. The zero-order chi connectivity index (χ0) is 16.2. The normalized spacial score (nSPS) is 11.5. The summed E-state index contributed by atoms with van der Waals surface area (Å²) >= 11 is 12.0. The van der Waals surface area contributed by atoms with Gasteiger partial charge in [0.05, 0.1) is 5.02 Å². The predicted octanol–water partition coefficient (Wildman–Crippen LogP) is 3.86. The number of allylic oxidation sites excluding steroid dienone is 1. The van der Waals surface area contributed by atoms with Crippen LogP contribution in [-0.4, -0.2) is 25.5 Å². The number of hydrogen-bond donors (Lipinski definition) is 0. The number of Topliss-reactive ketones (excluding diaryl/α,β-unsaturated/α-hetero) is 1. The van der Waals surface area contributed by atoms with Gasteiger partial charge in [-0.15, -0.1) is 0 Å². The summed E-state index contributed by atoms with van der Waals surface area (Å²) in [5, 5.41) is 4.77. The highest BCUT2D eigenvalue weighted by Gasteiger charge is 2.18. The van der Waals surface area contributed by atoms with Crippen LogP contribution in [0.3, 0.4) is 0 Å². The van der Waals surface area contributed by atoms with Crippen molar-refractivity contribution in [3.05, 3.63) is 76.6 Å². The van der Waals surface area contributed by atoms with Crippen LogP contribution in [0.5, 0.6) is 0 Å². The molecule has 2 heterocycles. The molecule has 0 spiro atoms. The second kappa shape index (κ2) is 6.73. The summed E-state index contributed by atoms with van der Waals surface area (Å²) in [5.41, 5.74) is 1.40. The number of carbonyl (C=O) groups excluding carboxylic acids is 1. The molecule has 2 aromatic heterocycles. The predicted molar refractivity (Wildman–Crippen MR) is 89.2 cm³/mol. The number of nitrogens with zero attached hydrogens (tertiary/aromatic N) is 4. The molecule has 0 aliphatic heterocycles. The van der Waals surface area contributed by atoms with E-state index in [-0.39, 0.29) is 10.8 Å². The van der Waals surface area contributed by atoms with Crippen LogP contribution in [0.15, 0.2) is 55.4 Å². The van der Waals surface area contributed by atoms with Gasteiger partial charge < -0.3 is 0 Å². The van der Waals surface area contributed by atoms with Crippen LogP contribution in [-0.2, 0) is 0 Å². The molecule has 114 valence electrons. The van der Waals surface area contributed by atoms with Gasteiger partial charge in [0, 0.05) is 23.0 Å². The lowest BCUT2D eigenvalue weighted by atomic mass is 10.1. The van der Waals surface area contributed by atoms with Gasteiger partial charge in [-0.05, 0) is 35.9 Å². The zero-order valence-corrected chi connectivity index (χ0v) is 13.2. The van der Waals surface area contributed by atoms with Crippen LogP contribution in [0, 0.1) is 0 Å². The third kappa shape index (κ3) is 3.47. The van der Waals surface area contributed by atoms with Crippen LogP contribution < -0.4 is 0 Å². The lowest BCUT2D eigenvalue weighted by Crippen LogP contribution is -2.10. The summed E-state index contributed by atoms with van der Waals surface area (Å²) in [6, 6.07) is 8.34. The van der Waals surface area contributed by atoms with Gasteiger partial charge in [-0.3, -0.25) is 9.78 Å². The first kappa shape index (κ1) is 15.4. The average molecular weight is 345 g/mol. The fourth-order valence-corrected chi connectivity index (χ4v) is 2.49. The van der Waals surface area contributed by atoms with Crippen molar-refractivity contribution in [2.45, 2.75) is 0 Å². The molecule has 0 atom stereocenters. The number of carbonyl (C=O) groups is 1. The second-order valence-electron chi connectivity index (χ2n) is 4.61. The molecule has 3 rings (SSSR count). The van der Waals surface area contributed by atoms with E-state index in [0.29, 0.717) is 16.3 Å². The Morgan fingerprint density at radius 1 is 1.17 bits per heavy atom. The number of benzene rings is 1. The minimum Gasteiger partial charge on any atom is -0.287 e. The SMILES string of the molecule is O=C(C(=Cc1cccnc1)n1cncn1)c1ccc(Cl)cc1Cl. The molecule has 7 heteroatoms. The molecule has 1 aromatic carbocycles. The smallest absolute Gasteiger partial charge is 0.212 e. The lowest BCUT2D eigenvalue weighted by molar-refractivity contribution is 0.105. The molecule has 0 fully saturated rings. The first-order chi connectivity index (χ1) is 11.1. The third-order valence-electron chi connectivity index (χ3n) is 3.06. The van der Waals surface area contributed by atoms with Crippen molar-refractivity contribution in [3.8, 4) is 0 Å². The van der Waals surface area contributed by atoms with Crippen LogP contribution in [0.1, 0.15) is 15.9 Å². The van der Waals surface area contributed by atoms with Crippen molar-refractivity contribution in [2.75, 3.05) is 0 Å². The number of rotatable bonds is 4. The molecular formula is C16H10Cl2N4O. The molecule has 3 aromatic rings. The minimum atomic E-state index is -0.291. The van der Waals surface area contributed by atoms with E-state index in [1.807, 2.05) is 6.07 Å². The Morgan fingerprint density at radius 2 is 2.04 bits per heavy atom. The number of halogens is 2. The van der Waals surface area contributed by atoms with E-state index < -0.39 is 0 Å². The van der Waals surface area contributed by atoms with Crippen LogP contribution in [0.4, 0.5) is 0 Å². The van der Waals surface area contributed by atoms with E-state index >= 15 is 0 Å². The first-order valence-electron chi connectivity index (χ1n) is 6.61. The fraction of sp³-hybridized carbons (Fsp3) is 0. The molecule has 0 aliphatic rings. The summed E-state index contributed by atoms with van der Waals surface area (Å²) in [7, 11) is 0. The molecule has 0 saturated carbocycles. The molecule has 0 N–H and O–H groups in total. The number of aromatic nitrogens is 4. The number of ketones is 1. The Labute approximate surface area is 142 Å². The Balaban J connectivity index is 2.09. The molecule has 0 aliphatic carbocycles. The zero-order valence-electron chi connectivity index (χ0n) is 11.7. The summed E-state index contributed by atoms with van der Waals surface area (Å²) in [5.74, 6) is -0.291. The molecule has 0 radical (unpaired) electrons. The maximum absolute atomic E-state index is 12.9. The topological polar surface area (TPSA) is 60.7 Å². The standard InChI is InChI=1S/C16H10Cl2N4O/c17-12-3-4-13(14(18)7-12)16(23)15(22-10-20-9-21-22)6-11-2-1-5-19-8-11/h1-10H. The first-order valence-corrected chi connectivity index (χ1v) is 7.37. The second-order valence-corrected chi connectivity index (χ2v) is 5.45. The minimum absolute atomic E-state index is 0.278. The molecular weight excluding hydrogens is 335 g/mol. The van der Waals surface area contributed by atoms with Gasteiger partial charge in [0.2, 0.25) is 5.78 Å². The summed E-state index contributed by atoms with van der Waals surface area (Å²) < 4.78 is 1.39. The van der Waals surface area contributed by atoms with Crippen molar-refractivity contribution >= 4 is 40.8 Å². The van der Waals surface area contributed by atoms with E-state index in [9.17, 15) is 4.79 Å². The Morgan fingerprint density at radius 3 is 2.70 bits per heavy atom. The van der Waals surface area contributed by atoms with Gasteiger partial charge in [0.1, 0.15) is 18.4 Å². The van der Waals surface area contributed by atoms with Crippen molar-refractivity contribution in [1.82, 2.24) is 19.7 Å². The molecule has 0 bridgehead atoms. The van der Waals surface area contributed by atoms with Crippen molar-refractivity contribution in [2.24, 2.45) is 0 Å². The van der Waals surface area contributed by atoms with E-state index in [0.717, 1.165) is 5.56 Å². The molecule has 23 heavy (non-hydrogen) atoms. The highest BCUT2D eigenvalue weighted by Crippen LogP contribution is 2.25. The highest BCUT2D eigenvalue weighted by molar-refractivity contribution is 6.40. The van der Waals surface area contributed by atoms with Gasteiger partial charge in [-0.25, -0.2) is 9.67 Å². The maximum Gasteiger partial charge on any atom is 0.212 e. The number of pyridine rings is 1. The Hall–Kier alpha value is -2.50. The van der Waals surface area contributed by atoms with Gasteiger partial charge in [0.15, 0.2) is 0 Å². The van der Waals surface area contributed by atoms with Crippen molar-refractivity contribution < 1.29 is 4.79 Å². The summed E-state index contributed by atoms with van der Waals surface area (Å²) in [4.78, 5) is 20.8. The van der Waals surface area contributed by atoms with Gasteiger partial charge in [-0.1, -0.05) is 29.3 Å². The Kier molecular flexibility index (Phi) is 4.50.